The molecule has 0 unspecified atom stereocenters. The van der Waals surface area contributed by atoms with Gasteiger partial charge in [0.25, 0.3) is 5.91 Å². The number of hydrogen-bond acceptors (Lipinski definition) is 6. The average molecular weight is 386 g/mol. The molecule has 146 valence electrons. The van der Waals surface area contributed by atoms with E-state index in [1.54, 1.807) is 0 Å². The molecule has 1 rings (SSSR count). The van der Waals surface area contributed by atoms with Crippen molar-refractivity contribution in [2.75, 3.05) is 13.7 Å². The predicted octanol–water partition coefficient (Wildman–Crippen LogP) is 1.21. The molecule has 0 heterocycles. The van der Waals surface area contributed by atoms with Gasteiger partial charge in [-0.2, -0.15) is 4.72 Å². The number of carbonyl (C=O) groups excluding carboxylic acids is 2. The molecule has 0 radical (unpaired) electrons. The molecular formula is C17H26N2O6S. The van der Waals surface area contributed by atoms with Gasteiger partial charge in [0.2, 0.25) is 10.0 Å². The highest BCUT2D eigenvalue weighted by Gasteiger charge is 2.24. The van der Waals surface area contributed by atoms with E-state index in [0.717, 1.165) is 12.8 Å². The Labute approximate surface area is 154 Å². The van der Waals surface area contributed by atoms with Crippen LogP contribution in [0.25, 0.3) is 0 Å². The second kappa shape index (κ2) is 10.1. The van der Waals surface area contributed by atoms with Crippen LogP contribution in [0.1, 0.15) is 33.6 Å². The summed E-state index contributed by atoms with van der Waals surface area (Å²) >= 11 is 0. The summed E-state index contributed by atoms with van der Waals surface area (Å²) in [6.07, 6.45) is 1.54. The molecule has 0 fully saturated rings. The van der Waals surface area contributed by atoms with Gasteiger partial charge in [0.15, 0.2) is 6.61 Å². The number of sulfonamides is 1. The lowest BCUT2D eigenvalue weighted by molar-refractivity contribution is -0.150. The molecule has 0 spiro atoms. The van der Waals surface area contributed by atoms with Gasteiger partial charge in [-0.25, -0.2) is 8.42 Å². The van der Waals surface area contributed by atoms with E-state index in [9.17, 15) is 18.0 Å². The Morgan fingerprint density at radius 3 is 2.19 bits per heavy atom. The third-order valence-electron chi connectivity index (χ3n) is 3.75. The first kappa shape index (κ1) is 21.9. The Kier molecular flexibility index (Phi) is 8.53. The van der Waals surface area contributed by atoms with Crippen LogP contribution in [0, 0.1) is 0 Å². The van der Waals surface area contributed by atoms with Crippen molar-refractivity contribution in [2.24, 2.45) is 0 Å². The number of ether oxygens (including phenoxy) is 2. The van der Waals surface area contributed by atoms with Gasteiger partial charge < -0.3 is 14.8 Å². The van der Waals surface area contributed by atoms with Crippen LogP contribution < -0.4 is 14.8 Å². The topological polar surface area (TPSA) is 111 Å². The van der Waals surface area contributed by atoms with Gasteiger partial charge in [-0.1, -0.05) is 13.8 Å². The Hall–Kier alpha value is -2.13. The van der Waals surface area contributed by atoms with Crippen LogP contribution in [0.5, 0.6) is 5.75 Å². The highest BCUT2D eigenvalue weighted by molar-refractivity contribution is 7.89. The van der Waals surface area contributed by atoms with Gasteiger partial charge in [-0.15, -0.1) is 0 Å². The van der Waals surface area contributed by atoms with Crippen molar-refractivity contribution in [3.05, 3.63) is 24.3 Å². The van der Waals surface area contributed by atoms with Crippen molar-refractivity contribution in [3.8, 4) is 5.75 Å². The highest BCUT2D eigenvalue weighted by atomic mass is 32.2. The van der Waals surface area contributed by atoms with Gasteiger partial charge >= 0.3 is 5.97 Å². The first-order chi connectivity index (χ1) is 12.2. The smallest absolute Gasteiger partial charge is 0.324 e. The fourth-order valence-corrected chi connectivity index (χ4v) is 3.32. The van der Waals surface area contributed by atoms with Crippen molar-refractivity contribution in [2.45, 2.75) is 50.6 Å². The number of carbonyl (C=O) groups is 2. The molecule has 0 saturated carbocycles. The van der Waals surface area contributed by atoms with Crippen molar-refractivity contribution >= 4 is 21.9 Å². The second-order valence-corrected chi connectivity index (χ2v) is 7.42. The molecule has 0 aliphatic rings. The Morgan fingerprint density at radius 2 is 1.69 bits per heavy atom. The van der Waals surface area contributed by atoms with E-state index in [4.69, 9.17) is 9.47 Å². The van der Waals surface area contributed by atoms with Crippen LogP contribution in [-0.2, 0) is 24.3 Å². The molecule has 9 heteroatoms. The van der Waals surface area contributed by atoms with E-state index in [0.29, 0.717) is 5.75 Å². The monoisotopic (exact) mass is 386 g/mol. The fraction of sp³-hybridized carbons (Fsp3) is 0.529. The zero-order chi connectivity index (χ0) is 19.7. The summed E-state index contributed by atoms with van der Waals surface area (Å²) < 4.78 is 36.6. The normalized spacial score (nSPS) is 12.5. The summed E-state index contributed by atoms with van der Waals surface area (Å²) in [5.74, 6) is -0.737. The molecule has 2 N–H and O–H groups in total. The maximum Gasteiger partial charge on any atom is 0.324 e. The van der Waals surface area contributed by atoms with E-state index in [2.05, 4.69) is 10.0 Å². The fourth-order valence-electron chi connectivity index (χ4n) is 2.13. The molecule has 0 bridgehead atoms. The molecular weight excluding hydrogens is 360 g/mol. The Balaban J connectivity index is 2.58. The van der Waals surface area contributed by atoms with E-state index in [1.807, 2.05) is 13.8 Å². The number of benzene rings is 1. The quantitative estimate of drug-likeness (QED) is 0.585. The van der Waals surface area contributed by atoms with Crippen LogP contribution in [0.2, 0.25) is 0 Å². The molecule has 0 aliphatic carbocycles. The summed E-state index contributed by atoms with van der Waals surface area (Å²) in [6.45, 7) is 4.78. The largest absolute Gasteiger partial charge is 0.497 e. The summed E-state index contributed by atoms with van der Waals surface area (Å²) in [6, 6.07) is 4.61. The standard InChI is InChI=1S/C17H26N2O6S/c1-5-13(6-2)18-16(20)11-25-17(21)12(3)19-26(22,23)15-9-7-14(24-4)8-10-15/h7-10,12-13,19H,5-6,11H2,1-4H3,(H,18,20)/t12-/m0/s1. The average Bonchev–Trinajstić information content (AvgIpc) is 2.63. The first-order valence-corrected chi connectivity index (χ1v) is 9.84. The van der Waals surface area contributed by atoms with Gasteiger partial charge in [0.1, 0.15) is 11.8 Å². The van der Waals surface area contributed by atoms with Gasteiger partial charge in [0, 0.05) is 6.04 Å². The van der Waals surface area contributed by atoms with Crippen molar-refractivity contribution < 1.29 is 27.5 Å². The van der Waals surface area contributed by atoms with Crippen molar-refractivity contribution in [3.63, 3.8) is 0 Å². The molecule has 1 aromatic rings. The zero-order valence-corrected chi connectivity index (χ0v) is 16.3. The van der Waals surface area contributed by atoms with E-state index < -0.39 is 34.5 Å². The number of rotatable bonds is 10. The molecule has 0 saturated heterocycles. The molecule has 26 heavy (non-hydrogen) atoms. The first-order valence-electron chi connectivity index (χ1n) is 8.35. The minimum Gasteiger partial charge on any atom is -0.497 e. The minimum atomic E-state index is -3.90. The van der Waals surface area contributed by atoms with Gasteiger partial charge in [-0.3, -0.25) is 9.59 Å². The van der Waals surface area contributed by atoms with E-state index >= 15 is 0 Å². The molecule has 1 aromatic carbocycles. The predicted molar refractivity (Wildman–Crippen MR) is 96.2 cm³/mol. The van der Waals surface area contributed by atoms with Crippen LogP contribution >= 0.6 is 0 Å². The lowest BCUT2D eigenvalue weighted by Crippen LogP contribution is -2.42. The van der Waals surface area contributed by atoms with E-state index in [-0.39, 0.29) is 10.9 Å². The van der Waals surface area contributed by atoms with Crippen LogP contribution in [0.3, 0.4) is 0 Å². The number of nitrogens with one attached hydrogen (secondary N) is 2. The number of methoxy groups -OCH3 is 1. The van der Waals surface area contributed by atoms with Crippen molar-refractivity contribution in [1.29, 1.82) is 0 Å². The lowest BCUT2D eigenvalue weighted by atomic mass is 10.2. The van der Waals surface area contributed by atoms with Gasteiger partial charge in [0.05, 0.1) is 12.0 Å². The Morgan fingerprint density at radius 1 is 1.12 bits per heavy atom. The molecule has 0 aliphatic heterocycles. The van der Waals surface area contributed by atoms with Crippen LogP contribution in [0.15, 0.2) is 29.2 Å². The van der Waals surface area contributed by atoms with Crippen molar-refractivity contribution in [1.82, 2.24) is 10.0 Å². The minimum absolute atomic E-state index is 0.00979. The summed E-state index contributed by atoms with van der Waals surface area (Å²) in [4.78, 5) is 23.6. The maximum atomic E-state index is 12.3. The summed E-state index contributed by atoms with van der Waals surface area (Å²) in [7, 11) is -2.43. The van der Waals surface area contributed by atoms with Crippen LogP contribution in [-0.4, -0.2) is 46.1 Å². The number of hydrogen-bond donors (Lipinski definition) is 2. The molecule has 1 atom stereocenters. The molecule has 0 aromatic heterocycles. The molecule has 1 amide bonds. The Bertz CT molecular complexity index is 698. The summed E-state index contributed by atoms with van der Waals surface area (Å²) in [5, 5.41) is 2.73. The zero-order valence-electron chi connectivity index (χ0n) is 15.4. The third-order valence-corrected chi connectivity index (χ3v) is 5.31. The maximum absolute atomic E-state index is 12.3. The highest BCUT2D eigenvalue weighted by Crippen LogP contribution is 2.15. The third kappa shape index (κ3) is 6.64. The second-order valence-electron chi connectivity index (χ2n) is 5.71. The lowest BCUT2D eigenvalue weighted by Gasteiger charge is -2.16. The van der Waals surface area contributed by atoms with E-state index in [1.165, 1.54) is 38.3 Å². The summed E-state index contributed by atoms with van der Waals surface area (Å²) in [5.41, 5.74) is 0. The molecule has 8 nitrogen and oxygen atoms in total. The van der Waals surface area contributed by atoms with Crippen LogP contribution in [0.4, 0.5) is 0 Å². The number of amides is 1. The SMILES string of the molecule is CCC(CC)NC(=O)COC(=O)[C@H](C)NS(=O)(=O)c1ccc(OC)cc1. The number of esters is 1. The van der Waals surface area contributed by atoms with Gasteiger partial charge in [-0.05, 0) is 44.0 Å².